The van der Waals surface area contributed by atoms with Crippen molar-refractivity contribution in [3.63, 3.8) is 0 Å². The molecule has 14 heavy (non-hydrogen) atoms. The van der Waals surface area contributed by atoms with E-state index in [4.69, 9.17) is 0 Å². The third kappa shape index (κ3) is 1.47. The normalized spacial score (nSPS) is 32.1. The first-order valence-electron chi connectivity index (χ1n) is 4.58. The van der Waals surface area contributed by atoms with E-state index in [1.807, 2.05) is 0 Å². The van der Waals surface area contributed by atoms with E-state index in [9.17, 15) is 18.0 Å². The number of nitrogens with one attached hydrogen (secondary N) is 1. The van der Waals surface area contributed by atoms with E-state index in [1.54, 1.807) is 0 Å². The van der Waals surface area contributed by atoms with E-state index in [0.717, 1.165) is 11.4 Å². The minimum Gasteiger partial charge on any atom is -0.330 e. The SMILES string of the molecule is O=C(N1CCC2CNCC21)C(F)(F)F. The Labute approximate surface area is 79.3 Å². The predicted molar refractivity (Wildman–Crippen MR) is 42.5 cm³/mol. The molecule has 2 atom stereocenters. The highest BCUT2D eigenvalue weighted by Gasteiger charge is 2.49. The Morgan fingerprint density at radius 3 is 2.71 bits per heavy atom. The van der Waals surface area contributed by atoms with Crippen LogP contribution in [0.5, 0.6) is 0 Å². The maximum absolute atomic E-state index is 12.1. The predicted octanol–water partition coefficient (Wildman–Crippen LogP) is 0.369. The summed E-state index contributed by atoms with van der Waals surface area (Å²) in [6.07, 6.45) is -4.04. The highest BCUT2D eigenvalue weighted by molar-refractivity contribution is 5.82. The van der Waals surface area contributed by atoms with Crippen molar-refractivity contribution in [1.82, 2.24) is 10.2 Å². The fourth-order valence-electron chi connectivity index (χ4n) is 2.26. The van der Waals surface area contributed by atoms with Gasteiger partial charge in [0, 0.05) is 25.7 Å². The van der Waals surface area contributed by atoms with Crippen LogP contribution in [0.1, 0.15) is 6.42 Å². The van der Waals surface area contributed by atoms with Gasteiger partial charge in [-0.05, 0) is 12.3 Å². The molecule has 2 fully saturated rings. The van der Waals surface area contributed by atoms with Crippen LogP contribution in [0.3, 0.4) is 0 Å². The number of alkyl halides is 3. The van der Waals surface area contributed by atoms with Gasteiger partial charge in [-0.2, -0.15) is 13.2 Å². The fraction of sp³-hybridized carbons (Fsp3) is 0.875. The fourth-order valence-corrected chi connectivity index (χ4v) is 2.26. The van der Waals surface area contributed by atoms with Crippen LogP contribution in [0.15, 0.2) is 0 Å². The molecule has 2 unspecified atom stereocenters. The number of hydrogen-bond acceptors (Lipinski definition) is 2. The average molecular weight is 208 g/mol. The number of carbonyl (C=O) groups excluding carboxylic acids is 1. The van der Waals surface area contributed by atoms with Gasteiger partial charge in [-0.15, -0.1) is 0 Å². The van der Waals surface area contributed by atoms with E-state index in [0.29, 0.717) is 13.0 Å². The molecule has 2 rings (SSSR count). The number of likely N-dealkylation sites (tertiary alicyclic amines) is 1. The van der Waals surface area contributed by atoms with Gasteiger partial charge < -0.3 is 10.2 Å². The third-order valence-corrected chi connectivity index (χ3v) is 2.95. The second-order valence-corrected chi connectivity index (χ2v) is 3.77. The highest BCUT2D eigenvalue weighted by atomic mass is 19.4. The number of fused-ring (bicyclic) bond motifs is 1. The molecule has 0 saturated carbocycles. The lowest BCUT2D eigenvalue weighted by Crippen LogP contribution is -2.45. The van der Waals surface area contributed by atoms with Crippen molar-refractivity contribution in [2.24, 2.45) is 5.92 Å². The highest BCUT2D eigenvalue weighted by Crippen LogP contribution is 2.30. The summed E-state index contributed by atoms with van der Waals surface area (Å²) in [5, 5.41) is 3.00. The molecule has 1 N–H and O–H groups in total. The largest absolute Gasteiger partial charge is 0.471 e. The smallest absolute Gasteiger partial charge is 0.330 e. The lowest BCUT2D eigenvalue weighted by Gasteiger charge is -2.24. The Hall–Kier alpha value is -0.780. The molecule has 2 heterocycles. The number of hydrogen-bond donors (Lipinski definition) is 1. The summed E-state index contributed by atoms with van der Waals surface area (Å²) in [7, 11) is 0. The molecule has 1 amide bonds. The van der Waals surface area contributed by atoms with Crippen LogP contribution in [0, 0.1) is 5.92 Å². The quantitative estimate of drug-likeness (QED) is 0.623. The Morgan fingerprint density at radius 2 is 2.07 bits per heavy atom. The third-order valence-electron chi connectivity index (χ3n) is 2.95. The molecule has 3 nitrogen and oxygen atoms in total. The van der Waals surface area contributed by atoms with Crippen LogP contribution in [-0.4, -0.2) is 42.7 Å². The summed E-state index contributed by atoms with van der Waals surface area (Å²) in [5.74, 6) is -1.48. The van der Waals surface area contributed by atoms with Crippen molar-refractivity contribution >= 4 is 5.91 Å². The minimum absolute atomic E-state index is 0.210. The lowest BCUT2D eigenvalue weighted by atomic mass is 10.1. The molecular weight excluding hydrogens is 197 g/mol. The minimum atomic E-state index is -4.72. The number of amides is 1. The molecule has 2 aliphatic rings. The topological polar surface area (TPSA) is 32.3 Å². The summed E-state index contributed by atoms with van der Waals surface area (Å²) in [5.41, 5.74) is 0. The summed E-state index contributed by atoms with van der Waals surface area (Å²) in [4.78, 5) is 11.9. The van der Waals surface area contributed by atoms with Crippen molar-refractivity contribution in [2.45, 2.75) is 18.6 Å². The summed E-state index contributed by atoms with van der Waals surface area (Å²) < 4.78 is 36.4. The molecule has 0 aliphatic carbocycles. The van der Waals surface area contributed by atoms with Crippen molar-refractivity contribution in [3.05, 3.63) is 0 Å². The summed E-state index contributed by atoms with van der Waals surface area (Å²) >= 11 is 0. The van der Waals surface area contributed by atoms with Gasteiger partial charge in [0.25, 0.3) is 0 Å². The lowest BCUT2D eigenvalue weighted by molar-refractivity contribution is -0.186. The first kappa shape index (κ1) is 9.76. The van der Waals surface area contributed by atoms with Gasteiger partial charge in [-0.25, -0.2) is 0 Å². The zero-order valence-electron chi connectivity index (χ0n) is 7.47. The van der Waals surface area contributed by atoms with Crippen LogP contribution in [0.25, 0.3) is 0 Å². The van der Waals surface area contributed by atoms with Crippen LogP contribution < -0.4 is 5.32 Å². The number of rotatable bonds is 0. The zero-order valence-corrected chi connectivity index (χ0v) is 7.47. The molecule has 0 spiro atoms. The van der Waals surface area contributed by atoms with Crippen molar-refractivity contribution < 1.29 is 18.0 Å². The number of carbonyl (C=O) groups is 1. The Morgan fingerprint density at radius 1 is 1.36 bits per heavy atom. The first-order valence-corrected chi connectivity index (χ1v) is 4.58. The molecule has 6 heteroatoms. The van der Waals surface area contributed by atoms with E-state index < -0.39 is 12.1 Å². The van der Waals surface area contributed by atoms with Gasteiger partial charge in [-0.1, -0.05) is 0 Å². The molecule has 80 valence electrons. The maximum atomic E-state index is 12.1. The van der Waals surface area contributed by atoms with Crippen molar-refractivity contribution in [1.29, 1.82) is 0 Å². The standard InChI is InChI=1S/C8H11F3N2O/c9-8(10,11)7(14)13-2-1-5-3-12-4-6(5)13/h5-6,12H,1-4H2. The molecule has 2 aliphatic heterocycles. The van der Waals surface area contributed by atoms with Crippen LogP contribution in [-0.2, 0) is 4.79 Å². The van der Waals surface area contributed by atoms with Crippen molar-refractivity contribution in [2.75, 3.05) is 19.6 Å². The summed E-state index contributed by atoms with van der Waals surface area (Å²) in [6.45, 7) is 1.47. The second kappa shape index (κ2) is 3.12. The first-order chi connectivity index (χ1) is 6.50. The molecule has 2 saturated heterocycles. The average Bonchev–Trinajstić information content (AvgIpc) is 2.59. The van der Waals surface area contributed by atoms with Crippen molar-refractivity contribution in [3.8, 4) is 0 Å². The Kier molecular flexibility index (Phi) is 2.17. The number of halogens is 3. The van der Waals surface area contributed by atoms with Gasteiger partial charge in [0.05, 0.1) is 0 Å². The van der Waals surface area contributed by atoms with Gasteiger partial charge >= 0.3 is 12.1 Å². The monoisotopic (exact) mass is 208 g/mol. The van der Waals surface area contributed by atoms with E-state index in [2.05, 4.69) is 5.32 Å². The van der Waals surface area contributed by atoms with Crippen LogP contribution in [0.2, 0.25) is 0 Å². The summed E-state index contributed by atoms with van der Waals surface area (Å²) in [6, 6.07) is -0.246. The molecule has 0 aromatic heterocycles. The second-order valence-electron chi connectivity index (χ2n) is 3.77. The Bertz CT molecular complexity index is 253. The van der Waals surface area contributed by atoms with E-state index >= 15 is 0 Å². The molecular formula is C8H11F3N2O. The molecule has 0 radical (unpaired) electrons. The number of nitrogens with zero attached hydrogens (tertiary/aromatic N) is 1. The van der Waals surface area contributed by atoms with Gasteiger partial charge in [0.15, 0.2) is 0 Å². The molecule has 0 aromatic carbocycles. The van der Waals surface area contributed by atoms with Gasteiger partial charge in [0.2, 0.25) is 0 Å². The van der Waals surface area contributed by atoms with Crippen LogP contribution in [0.4, 0.5) is 13.2 Å². The van der Waals surface area contributed by atoms with Gasteiger partial charge in [0.1, 0.15) is 0 Å². The van der Waals surface area contributed by atoms with Crippen LogP contribution >= 0.6 is 0 Å². The van der Waals surface area contributed by atoms with Gasteiger partial charge in [-0.3, -0.25) is 4.79 Å². The van der Waals surface area contributed by atoms with E-state index in [-0.39, 0.29) is 18.5 Å². The Balaban J connectivity index is 2.09. The van der Waals surface area contributed by atoms with E-state index in [1.165, 1.54) is 0 Å². The zero-order chi connectivity index (χ0) is 10.3. The molecule has 0 aromatic rings. The maximum Gasteiger partial charge on any atom is 0.471 e. The molecule has 0 bridgehead atoms.